The molecular weight excluding hydrogens is 439 g/mol. The molecule has 1 atom stereocenters. The zero-order valence-corrected chi connectivity index (χ0v) is 21.0. The summed E-state index contributed by atoms with van der Waals surface area (Å²) in [6.45, 7) is 14.9. The number of hydrogen-bond acceptors (Lipinski definition) is 5. The molecule has 0 bridgehead atoms. The van der Waals surface area contributed by atoms with Crippen molar-refractivity contribution in [2.45, 2.75) is 39.8 Å². The highest BCUT2D eigenvalue weighted by molar-refractivity contribution is 5.88. The average Bonchev–Trinajstić information content (AvgIpc) is 3.27. The molecule has 35 heavy (non-hydrogen) atoms. The molecule has 0 saturated carbocycles. The SMILES string of the molecule is C=C(Nc1cc2cc(-c3cnn4c3CN(CCF)CC4)ccc2cn1)[C@@H]1CCCN(CC(C)C)C1. The number of hydrogen-bond donors (Lipinski definition) is 1. The standard InChI is InChI=1S/C28H37FN6/c1-20(2)17-34-9-4-5-24(18-34)21(3)32-28-14-25-13-22(6-7-23(25)15-30-28)26-16-31-35-12-11-33(10-8-29)19-27(26)35/h6-7,13-16,20,24H,3-5,8-12,17-19H2,1-2H3,(H,30,32)/t24-/m1/s1. The second kappa shape index (κ2) is 10.5. The first kappa shape index (κ1) is 23.9. The summed E-state index contributed by atoms with van der Waals surface area (Å²) in [6.07, 6.45) is 6.26. The number of fused-ring (bicyclic) bond motifs is 2. The van der Waals surface area contributed by atoms with Crippen LogP contribution in [0, 0.1) is 11.8 Å². The fourth-order valence-corrected chi connectivity index (χ4v) is 5.51. The Hall–Kier alpha value is -2.77. The fraction of sp³-hybridized carbons (Fsp3) is 0.500. The maximum Gasteiger partial charge on any atom is 0.130 e. The number of anilines is 1. The Bertz CT molecular complexity index is 1190. The third kappa shape index (κ3) is 5.41. The van der Waals surface area contributed by atoms with E-state index < -0.39 is 0 Å². The monoisotopic (exact) mass is 476 g/mol. The third-order valence-electron chi connectivity index (χ3n) is 7.29. The van der Waals surface area contributed by atoms with E-state index in [4.69, 9.17) is 0 Å². The molecule has 2 aliphatic rings. The Morgan fingerprint density at radius 3 is 2.86 bits per heavy atom. The molecule has 4 heterocycles. The molecule has 0 unspecified atom stereocenters. The van der Waals surface area contributed by atoms with Crippen molar-refractivity contribution in [3.05, 3.63) is 54.6 Å². The van der Waals surface area contributed by atoms with Gasteiger partial charge in [-0.3, -0.25) is 9.58 Å². The van der Waals surface area contributed by atoms with E-state index in [9.17, 15) is 4.39 Å². The van der Waals surface area contributed by atoms with E-state index in [-0.39, 0.29) is 6.67 Å². The first-order chi connectivity index (χ1) is 17.0. The van der Waals surface area contributed by atoms with Crippen molar-refractivity contribution in [2.24, 2.45) is 11.8 Å². The van der Waals surface area contributed by atoms with E-state index in [2.05, 4.69) is 74.6 Å². The number of nitrogens with one attached hydrogen (secondary N) is 1. The third-order valence-corrected chi connectivity index (χ3v) is 7.29. The number of benzene rings is 1. The Morgan fingerprint density at radius 1 is 1.14 bits per heavy atom. The lowest BCUT2D eigenvalue weighted by atomic mass is 9.94. The lowest BCUT2D eigenvalue weighted by Crippen LogP contribution is -2.39. The number of piperidine rings is 1. The van der Waals surface area contributed by atoms with Crippen LogP contribution in [0.4, 0.5) is 10.2 Å². The molecule has 0 aliphatic carbocycles. The van der Waals surface area contributed by atoms with E-state index in [0.717, 1.165) is 71.8 Å². The van der Waals surface area contributed by atoms with Crippen LogP contribution in [-0.4, -0.2) is 64.0 Å². The minimum absolute atomic E-state index is 0.315. The molecule has 1 saturated heterocycles. The molecular formula is C28H37FN6. The lowest BCUT2D eigenvalue weighted by Gasteiger charge is -2.34. The van der Waals surface area contributed by atoms with Gasteiger partial charge in [0.15, 0.2) is 0 Å². The number of alkyl halides is 1. The summed E-state index contributed by atoms with van der Waals surface area (Å²) in [5.74, 6) is 1.96. The summed E-state index contributed by atoms with van der Waals surface area (Å²) in [5, 5.41) is 10.3. The summed E-state index contributed by atoms with van der Waals surface area (Å²) in [4.78, 5) is 9.38. The van der Waals surface area contributed by atoms with Crippen LogP contribution in [0.3, 0.4) is 0 Å². The minimum atomic E-state index is -0.315. The maximum absolute atomic E-state index is 12.9. The van der Waals surface area contributed by atoms with Crippen LogP contribution in [0.15, 0.2) is 48.9 Å². The van der Waals surface area contributed by atoms with Gasteiger partial charge in [-0.15, -0.1) is 0 Å². The Balaban J connectivity index is 1.33. The van der Waals surface area contributed by atoms with E-state index >= 15 is 0 Å². The van der Waals surface area contributed by atoms with Crippen molar-refractivity contribution >= 4 is 16.6 Å². The Kier molecular flexibility index (Phi) is 7.16. The molecule has 2 aromatic heterocycles. The van der Waals surface area contributed by atoms with Gasteiger partial charge in [0.25, 0.3) is 0 Å². The highest BCUT2D eigenvalue weighted by atomic mass is 19.1. The molecule has 2 aliphatic heterocycles. The van der Waals surface area contributed by atoms with Crippen LogP contribution < -0.4 is 5.32 Å². The molecule has 0 radical (unpaired) electrons. The summed E-state index contributed by atoms with van der Waals surface area (Å²) >= 11 is 0. The average molecular weight is 477 g/mol. The number of halogens is 1. The number of rotatable bonds is 8. The maximum atomic E-state index is 12.9. The molecule has 5 rings (SSSR count). The van der Waals surface area contributed by atoms with E-state index in [1.165, 1.54) is 19.4 Å². The fourth-order valence-electron chi connectivity index (χ4n) is 5.51. The Morgan fingerprint density at radius 2 is 2.03 bits per heavy atom. The van der Waals surface area contributed by atoms with Gasteiger partial charge in [-0.1, -0.05) is 32.6 Å². The number of nitrogens with zero attached hydrogens (tertiary/aromatic N) is 5. The van der Waals surface area contributed by atoms with Crippen LogP contribution in [0.1, 0.15) is 32.4 Å². The summed E-state index contributed by atoms with van der Waals surface area (Å²) in [5.41, 5.74) is 4.47. The van der Waals surface area contributed by atoms with E-state index in [1.54, 1.807) is 0 Å². The van der Waals surface area contributed by atoms with Gasteiger partial charge in [0.05, 0.1) is 18.4 Å². The van der Waals surface area contributed by atoms with Crippen molar-refractivity contribution in [3.8, 4) is 11.1 Å². The summed E-state index contributed by atoms with van der Waals surface area (Å²) in [6, 6.07) is 8.58. The molecule has 0 spiro atoms. The van der Waals surface area contributed by atoms with Crippen LogP contribution in [0.5, 0.6) is 0 Å². The quantitative estimate of drug-likeness (QED) is 0.486. The molecule has 1 fully saturated rings. The highest BCUT2D eigenvalue weighted by Gasteiger charge is 2.23. The van der Waals surface area contributed by atoms with Crippen molar-refractivity contribution in [1.82, 2.24) is 24.6 Å². The zero-order chi connectivity index (χ0) is 24.4. The molecule has 3 aromatic rings. The van der Waals surface area contributed by atoms with Gasteiger partial charge in [-0.2, -0.15) is 5.10 Å². The second-order valence-corrected chi connectivity index (χ2v) is 10.5. The topological polar surface area (TPSA) is 49.2 Å². The van der Waals surface area contributed by atoms with Gasteiger partial charge in [-0.05, 0) is 48.4 Å². The van der Waals surface area contributed by atoms with E-state index in [0.29, 0.717) is 18.4 Å². The highest BCUT2D eigenvalue weighted by Crippen LogP contribution is 2.31. The smallest absolute Gasteiger partial charge is 0.130 e. The van der Waals surface area contributed by atoms with Gasteiger partial charge >= 0.3 is 0 Å². The number of aromatic nitrogens is 3. The van der Waals surface area contributed by atoms with Crippen molar-refractivity contribution < 1.29 is 4.39 Å². The van der Waals surface area contributed by atoms with Crippen LogP contribution in [0.25, 0.3) is 21.9 Å². The van der Waals surface area contributed by atoms with Gasteiger partial charge in [0.2, 0.25) is 0 Å². The molecule has 1 N–H and O–H groups in total. The molecule has 186 valence electrons. The number of pyridine rings is 1. The van der Waals surface area contributed by atoms with Gasteiger partial charge < -0.3 is 10.2 Å². The van der Waals surface area contributed by atoms with E-state index in [1.807, 2.05) is 12.4 Å². The summed E-state index contributed by atoms with van der Waals surface area (Å²) < 4.78 is 15.0. The van der Waals surface area contributed by atoms with Gasteiger partial charge in [0.1, 0.15) is 12.5 Å². The Labute approximate surface area is 207 Å². The predicted molar refractivity (Wildman–Crippen MR) is 141 cm³/mol. The minimum Gasteiger partial charge on any atom is -0.344 e. The van der Waals surface area contributed by atoms with Gasteiger partial charge in [0, 0.05) is 61.5 Å². The number of likely N-dealkylation sites (tertiary alicyclic amines) is 1. The normalized spacial score (nSPS) is 19.3. The van der Waals surface area contributed by atoms with Gasteiger partial charge in [-0.25, -0.2) is 9.37 Å². The van der Waals surface area contributed by atoms with Crippen LogP contribution in [-0.2, 0) is 13.1 Å². The largest absolute Gasteiger partial charge is 0.344 e. The van der Waals surface area contributed by atoms with Crippen molar-refractivity contribution in [3.63, 3.8) is 0 Å². The molecule has 1 aromatic carbocycles. The second-order valence-electron chi connectivity index (χ2n) is 10.5. The van der Waals surface area contributed by atoms with Crippen LogP contribution in [0.2, 0.25) is 0 Å². The molecule has 7 heteroatoms. The lowest BCUT2D eigenvalue weighted by molar-refractivity contribution is 0.174. The van der Waals surface area contributed by atoms with Crippen LogP contribution >= 0.6 is 0 Å². The first-order valence-electron chi connectivity index (χ1n) is 12.9. The zero-order valence-electron chi connectivity index (χ0n) is 21.0. The molecule has 0 amide bonds. The molecule has 6 nitrogen and oxygen atoms in total. The predicted octanol–water partition coefficient (Wildman–Crippen LogP) is 5.18. The van der Waals surface area contributed by atoms with Crippen molar-refractivity contribution in [1.29, 1.82) is 0 Å². The summed E-state index contributed by atoms with van der Waals surface area (Å²) in [7, 11) is 0. The first-order valence-corrected chi connectivity index (χ1v) is 12.9. The van der Waals surface area contributed by atoms with Crippen molar-refractivity contribution in [2.75, 3.05) is 44.7 Å².